The largest absolute Gasteiger partial charge is 0.323 e. The minimum Gasteiger partial charge on any atom is -0.323 e. The summed E-state index contributed by atoms with van der Waals surface area (Å²) < 4.78 is 13.9. The van der Waals surface area contributed by atoms with Crippen LogP contribution in [0, 0.1) is 5.82 Å². The van der Waals surface area contributed by atoms with Gasteiger partial charge in [0.05, 0.1) is 0 Å². The number of nitrogens with two attached hydrogens (primary N) is 1. The van der Waals surface area contributed by atoms with Crippen LogP contribution in [-0.4, -0.2) is 4.98 Å². The highest BCUT2D eigenvalue weighted by Crippen LogP contribution is 2.39. The predicted molar refractivity (Wildman–Crippen MR) is 80.9 cm³/mol. The number of benzene rings is 1. The zero-order chi connectivity index (χ0) is 14.1. The molecule has 2 nitrogen and oxygen atoms in total. The van der Waals surface area contributed by atoms with Crippen molar-refractivity contribution in [1.82, 2.24) is 4.98 Å². The standard InChI is InChI=1S/C16H16BrFN2/c17-14-9-11(18)6-7-12(14)15(19)13-5-1-3-10-4-2-8-20-16(10)13/h2,4,6-9,13,15H,1,3,5,19H2. The van der Waals surface area contributed by atoms with Gasteiger partial charge in [-0.1, -0.05) is 28.1 Å². The molecule has 2 aromatic rings. The van der Waals surface area contributed by atoms with E-state index in [2.05, 4.69) is 27.0 Å². The van der Waals surface area contributed by atoms with Crippen molar-refractivity contribution >= 4 is 15.9 Å². The zero-order valence-corrected chi connectivity index (χ0v) is 12.6. The van der Waals surface area contributed by atoms with E-state index in [4.69, 9.17) is 5.73 Å². The summed E-state index contributed by atoms with van der Waals surface area (Å²) in [6.07, 6.45) is 5.03. The Labute approximate surface area is 126 Å². The Hall–Kier alpha value is -1.26. The minimum atomic E-state index is -0.255. The van der Waals surface area contributed by atoms with Gasteiger partial charge in [-0.15, -0.1) is 0 Å². The number of hydrogen-bond acceptors (Lipinski definition) is 2. The van der Waals surface area contributed by atoms with Crippen LogP contribution in [0.5, 0.6) is 0 Å². The third-order valence-corrected chi connectivity index (χ3v) is 4.68. The second-order valence-corrected chi connectivity index (χ2v) is 6.09. The summed E-state index contributed by atoms with van der Waals surface area (Å²) in [5.74, 6) is -0.0586. The fourth-order valence-electron chi connectivity index (χ4n) is 2.98. The molecule has 1 aromatic heterocycles. The maximum Gasteiger partial charge on any atom is 0.124 e. The summed E-state index contributed by atoms with van der Waals surface area (Å²) in [4.78, 5) is 4.53. The number of fused-ring (bicyclic) bond motifs is 1. The van der Waals surface area contributed by atoms with E-state index in [1.807, 2.05) is 12.3 Å². The SMILES string of the molecule is NC(c1ccc(F)cc1Br)C1CCCc2cccnc21. The molecule has 2 atom stereocenters. The molecule has 0 amide bonds. The Morgan fingerprint density at radius 3 is 3.00 bits per heavy atom. The molecule has 0 aliphatic heterocycles. The van der Waals surface area contributed by atoms with Crippen molar-refractivity contribution < 1.29 is 4.39 Å². The van der Waals surface area contributed by atoms with E-state index >= 15 is 0 Å². The maximum atomic E-state index is 13.2. The molecule has 0 spiro atoms. The van der Waals surface area contributed by atoms with Crippen molar-refractivity contribution in [2.24, 2.45) is 5.73 Å². The van der Waals surface area contributed by atoms with Gasteiger partial charge in [0.15, 0.2) is 0 Å². The van der Waals surface area contributed by atoms with Crippen LogP contribution < -0.4 is 5.73 Å². The zero-order valence-electron chi connectivity index (χ0n) is 11.0. The average Bonchev–Trinajstić information content (AvgIpc) is 2.46. The lowest BCUT2D eigenvalue weighted by Gasteiger charge is -2.29. The van der Waals surface area contributed by atoms with Crippen LogP contribution in [0.15, 0.2) is 41.0 Å². The maximum absolute atomic E-state index is 13.2. The van der Waals surface area contributed by atoms with Gasteiger partial charge in [0, 0.05) is 28.3 Å². The van der Waals surface area contributed by atoms with Gasteiger partial charge in [-0.2, -0.15) is 0 Å². The topological polar surface area (TPSA) is 38.9 Å². The van der Waals surface area contributed by atoms with Gasteiger partial charge >= 0.3 is 0 Å². The molecule has 0 fully saturated rings. The second-order valence-electron chi connectivity index (χ2n) is 5.24. The molecule has 0 saturated carbocycles. The molecule has 0 bridgehead atoms. The summed E-state index contributed by atoms with van der Waals surface area (Å²) in [6, 6.07) is 8.63. The van der Waals surface area contributed by atoms with Crippen molar-refractivity contribution in [2.45, 2.75) is 31.2 Å². The Morgan fingerprint density at radius 2 is 2.20 bits per heavy atom. The lowest BCUT2D eigenvalue weighted by atomic mass is 9.80. The third-order valence-electron chi connectivity index (χ3n) is 3.99. The molecule has 2 N–H and O–H groups in total. The molecule has 3 rings (SSSR count). The number of aromatic nitrogens is 1. The predicted octanol–water partition coefficient (Wildman–Crippen LogP) is 4.10. The van der Waals surface area contributed by atoms with Crippen molar-refractivity contribution in [3.05, 3.63) is 63.6 Å². The summed E-state index contributed by atoms with van der Waals surface area (Å²) in [5.41, 5.74) is 9.77. The third kappa shape index (κ3) is 2.50. The van der Waals surface area contributed by atoms with Crippen molar-refractivity contribution in [2.75, 3.05) is 0 Å². The molecule has 4 heteroatoms. The van der Waals surface area contributed by atoms with E-state index < -0.39 is 0 Å². The Balaban J connectivity index is 1.97. The summed E-state index contributed by atoms with van der Waals surface area (Å²) in [6.45, 7) is 0. The van der Waals surface area contributed by atoms with E-state index in [1.165, 1.54) is 17.7 Å². The molecule has 0 saturated heterocycles. The first-order valence-electron chi connectivity index (χ1n) is 6.81. The highest BCUT2D eigenvalue weighted by molar-refractivity contribution is 9.10. The molecule has 1 heterocycles. The van der Waals surface area contributed by atoms with Gasteiger partial charge < -0.3 is 5.73 Å². The van der Waals surface area contributed by atoms with Crippen LogP contribution in [0.3, 0.4) is 0 Å². The van der Waals surface area contributed by atoms with Gasteiger partial charge in [0.1, 0.15) is 5.82 Å². The second kappa shape index (κ2) is 5.62. The normalized spacial score (nSPS) is 19.4. The molecule has 2 unspecified atom stereocenters. The highest BCUT2D eigenvalue weighted by Gasteiger charge is 2.28. The number of rotatable bonds is 2. The van der Waals surface area contributed by atoms with Crippen LogP contribution in [0.4, 0.5) is 4.39 Å². The molecular formula is C16H16BrFN2. The first kappa shape index (κ1) is 13.7. The van der Waals surface area contributed by atoms with Gasteiger partial charge in [-0.3, -0.25) is 4.98 Å². The van der Waals surface area contributed by atoms with E-state index in [1.54, 1.807) is 6.07 Å². The van der Waals surface area contributed by atoms with Crippen molar-refractivity contribution in [3.8, 4) is 0 Å². The van der Waals surface area contributed by atoms with Gasteiger partial charge in [-0.05, 0) is 48.6 Å². The van der Waals surface area contributed by atoms with Crippen LogP contribution in [0.2, 0.25) is 0 Å². The monoisotopic (exact) mass is 334 g/mol. The number of halogens is 2. The number of nitrogens with zero attached hydrogens (tertiary/aromatic N) is 1. The van der Waals surface area contributed by atoms with Crippen LogP contribution in [0.1, 0.15) is 41.6 Å². The van der Waals surface area contributed by atoms with Gasteiger partial charge in [-0.25, -0.2) is 4.39 Å². The first-order valence-corrected chi connectivity index (χ1v) is 7.60. The van der Waals surface area contributed by atoms with Crippen molar-refractivity contribution in [3.63, 3.8) is 0 Å². The smallest absolute Gasteiger partial charge is 0.124 e. The van der Waals surface area contributed by atoms with E-state index in [9.17, 15) is 4.39 Å². The van der Waals surface area contributed by atoms with Crippen LogP contribution in [0.25, 0.3) is 0 Å². The fraction of sp³-hybridized carbons (Fsp3) is 0.312. The number of pyridine rings is 1. The fourth-order valence-corrected chi connectivity index (χ4v) is 3.60. The molecule has 1 aliphatic carbocycles. The Morgan fingerprint density at radius 1 is 1.35 bits per heavy atom. The summed E-state index contributed by atoms with van der Waals surface area (Å²) in [7, 11) is 0. The van der Waals surface area contributed by atoms with E-state index in [0.29, 0.717) is 0 Å². The summed E-state index contributed by atoms with van der Waals surface area (Å²) in [5, 5.41) is 0. The van der Waals surface area contributed by atoms with Gasteiger partial charge in [0.25, 0.3) is 0 Å². The van der Waals surface area contributed by atoms with E-state index in [0.717, 1.165) is 35.0 Å². The van der Waals surface area contributed by atoms with Crippen molar-refractivity contribution in [1.29, 1.82) is 0 Å². The number of aryl methyl sites for hydroxylation is 1. The first-order chi connectivity index (χ1) is 9.66. The lowest BCUT2D eigenvalue weighted by molar-refractivity contribution is 0.461. The Kier molecular flexibility index (Phi) is 3.85. The Bertz CT molecular complexity index is 630. The molecule has 0 radical (unpaired) electrons. The lowest BCUT2D eigenvalue weighted by Crippen LogP contribution is -2.25. The molecular weight excluding hydrogens is 319 g/mol. The van der Waals surface area contributed by atoms with E-state index in [-0.39, 0.29) is 17.8 Å². The minimum absolute atomic E-state index is 0.168. The average molecular weight is 335 g/mol. The van der Waals surface area contributed by atoms with Crippen LogP contribution >= 0.6 is 15.9 Å². The number of hydrogen-bond donors (Lipinski definition) is 1. The molecule has 1 aromatic carbocycles. The molecule has 20 heavy (non-hydrogen) atoms. The van der Waals surface area contributed by atoms with Gasteiger partial charge in [0.2, 0.25) is 0 Å². The molecule has 1 aliphatic rings. The van der Waals surface area contributed by atoms with Crippen LogP contribution in [-0.2, 0) is 6.42 Å². The molecule has 104 valence electrons. The highest BCUT2D eigenvalue weighted by atomic mass is 79.9. The quantitative estimate of drug-likeness (QED) is 0.897. The summed E-state index contributed by atoms with van der Waals surface area (Å²) >= 11 is 3.41.